The van der Waals surface area contributed by atoms with Crippen molar-refractivity contribution in [2.75, 3.05) is 0 Å². The average Bonchev–Trinajstić information content (AvgIpc) is 1.35. The molecule has 12 heterocycles. The molecule has 6 radical (unpaired) electrons. The number of aromatic nitrogens is 12. The first-order valence-corrected chi connectivity index (χ1v) is 48.8. The van der Waals surface area contributed by atoms with Gasteiger partial charge in [-0.1, -0.05) is 208 Å². The summed E-state index contributed by atoms with van der Waals surface area (Å²) in [7, 11) is 0. The van der Waals surface area contributed by atoms with Crippen molar-refractivity contribution in [3.63, 3.8) is 0 Å². The van der Waals surface area contributed by atoms with E-state index in [0.29, 0.717) is 0 Å². The van der Waals surface area contributed by atoms with Gasteiger partial charge >= 0.3 is 0 Å². The largest absolute Gasteiger partial charge is 0.340 e. The molecule has 18 heteroatoms. The quantitative estimate of drug-likeness (QED) is 0.105. The van der Waals surface area contributed by atoms with Crippen LogP contribution in [0.5, 0.6) is 0 Å². The third-order valence-electron chi connectivity index (χ3n) is 28.4. The van der Waals surface area contributed by atoms with Crippen LogP contribution < -0.4 is 0 Å². The number of hydrogen-bond donors (Lipinski definition) is 0. The van der Waals surface area contributed by atoms with Gasteiger partial charge in [-0.3, -0.25) is 29.9 Å². The summed E-state index contributed by atoms with van der Waals surface area (Å²) in [5, 5.41) is 21.6. The Hall–Kier alpha value is -11.8. The fourth-order valence-electron chi connectivity index (χ4n) is 21.5. The SMILES string of the molecule is CCCCc1cc(-c2ccc(C(C)(C)C)cc2)c2c(c1)c1ccc[c-]c1c1nccn12.CCCCc1ccc2c(c1)c1ccc[c-]c1c1nccn21.Cc1cc(C)c2c(c1)c1ccc[c-]c1c1nccn12.Cc1cc2c3ccc[c-]c3c3nccn3c2cc1C.Cc1cccc(C)c1-c1ccc2c(c1)c1ccc[c-]c1c1nccn21.[Ir].[Ir].[Ir].[Ir].[Ir].[Ir].[c-]1cccc2c1c1nccn1c1ccc(C3CCCCC3)cc21. The van der Waals surface area contributed by atoms with Crippen molar-refractivity contribution >= 4 is 164 Å². The molecule has 1 aliphatic rings. The second-order valence-electron chi connectivity index (χ2n) is 38.4. The molecule has 732 valence electrons. The Kier molecular flexibility index (Phi) is 32.9. The summed E-state index contributed by atoms with van der Waals surface area (Å²) in [4.78, 5) is 27.2. The molecule has 27 rings (SSSR count). The summed E-state index contributed by atoms with van der Waals surface area (Å²) in [5.74, 6) is 0.731. The van der Waals surface area contributed by atoms with Crippen molar-refractivity contribution < 1.29 is 121 Å². The van der Waals surface area contributed by atoms with Gasteiger partial charge in [-0.25, -0.2) is 0 Å². The topological polar surface area (TPSA) is 104 Å². The van der Waals surface area contributed by atoms with Crippen molar-refractivity contribution in [3.8, 4) is 22.3 Å². The Morgan fingerprint density at radius 3 is 1.12 bits per heavy atom. The number of benzene rings is 14. The predicted octanol–water partition coefficient (Wildman–Crippen LogP) is 31.8. The molecular weight excluding hydrogens is 2830 g/mol. The van der Waals surface area contributed by atoms with Crippen LogP contribution in [0.3, 0.4) is 0 Å². The molecular formula is C126H108Ir6N12-6. The monoisotopic (exact) mass is 2950 g/mol. The minimum Gasteiger partial charge on any atom is -0.340 e. The molecule has 144 heavy (non-hydrogen) atoms. The van der Waals surface area contributed by atoms with Crippen LogP contribution in [0.25, 0.3) is 186 Å². The van der Waals surface area contributed by atoms with Gasteiger partial charge in [-0.05, 0) is 221 Å². The Bertz CT molecular complexity index is 9190. The van der Waals surface area contributed by atoms with Gasteiger partial charge < -0.3 is 26.4 Å². The maximum Gasteiger partial charge on any atom is 0.0608 e. The standard InChI is InChI=1S/C29H29N2.C23H17N2.C21H19N2.C19H17N2.2C17H13N2.6Ir/c1-5-6-9-20-18-25(21-12-14-22(15-13-21)29(2,3)4)27-26(19-20)23-10-7-8-11-24(23)28-30-16-17-31(27)28;1-15-6-5-7-16(2)22(15)17-10-11-21-20(14-17)18-8-3-4-9-19(18)23-24-12-13-25(21)23;1-2-6-15(7-3-1)16-10-11-20-19(14-16)17-8-4-5-9-18(17)21-22-12-13-23(20)21;1-2-3-6-14-9-10-18-17(13-14)15-7-4-5-8-16(15)19-20-11-12-21(18)19;1-11-9-15-13-5-3-4-6-14(13)17-18-7-8-19(17)16(15)10-12(11)2;1-11-9-12(2)16-15(10-11)13-5-3-4-6-14(13)17-18-7-8-19(16)17;;;;;;/h7-8,10,12-19H,5-6,9H2,1-4H3;3-8,10-14H,1-2H3;4-5,8,10-15H,1-3,6-7H2;4-5,7,9-13H,2-3,6H2,1H3;2*3-5,7-10H,1-2H3;;;;;;/q6*-1;;;;;;. The van der Waals surface area contributed by atoms with Crippen molar-refractivity contribution in [3.05, 3.63) is 409 Å². The van der Waals surface area contributed by atoms with E-state index in [2.05, 4.69) is 369 Å². The number of aryl methyl sites for hydroxylation is 8. The molecule has 0 N–H and O–H groups in total. The summed E-state index contributed by atoms with van der Waals surface area (Å²) in [5.41, 5.74) is 31.9. The number of imidazole rings is 6. The average molecular weight is 2940 g/mol. The van der Waals surface area contributed by atoms with E-state index in [9.17, 15) is 0 Å². The van der Waals surface area contributed by atoms with Crippen LogP contribution in [0.15, 0.2) is 317 Å². The fraction of sp³-hybridized carbons (Fsp3) is 0.190. The second-order valence-corrected chi connectivity index (χ2v) is 38.4. The van der Waals surface area contributed by atoms with Crippen molar-refractivity contribution in [2.24, 2.45) is 0 Å². The van der Waals surface area contributed by atoms with Gasteiger partial charge in [0.05, 0.1) is 33.9 Å². The predicted molar refractivity (Wildman–Crippen MR) is 575 cm³/mol. The van der Waals surface area contributed by atoms with E-state index in [0.717, 1.165) is 85.0 Å². The zero-order valence-electron chi connectivity index (χ0n) is 82.2. The molecule has 1 saturated carbocycles. The molecule has 0 saturated heterocycles. The Labute approximate surface area is 921 Å². The molecule has 14 aromatic carbocycles. The van der Waals surface area contributed by atoms with Gasteiger partial charge in [0.25, 0.3) is 0 Å². The Morgan fingerprint density at radius 2 is 0.667 bits per heavy atom. The minimum atomic E-state index is 0. The molecule has 1 fully saturated rings. The number of nitrogens with zero attached hydrogens (tertiary/aromatic N) is 12. The minimum absolute atomic E-state index is 0. The first-order chi connectivity index (χ1) is 67.5. The second kappa shape index (κ2) is 45.1. The van der Waals surface area contributed by atoms with Crippen molar-refractivity contribution in [1.29, 1.82) is 0 Å². The van der Waals surface area contributed by atoms with Crippen LogP contribution >= 0.6 is 0 Å². The number of hydrogen-bond acceptors (Lipinski definition) is 6. The summed E-state index contributed by atoms with van der Waals surface area (Å²) in [6.45, 7) is 24.3. The van der Waals surface area contributed by atoms with Gasteiger partial charge in [0, 0.05) is 234 Å². The molecule has 0 bridgehead atoms. The molecule has 0 unspecified atom stereocenters. The van der Waals surface area contributed by atoms with Crippen LogP contribution in [0.2, 0.25) is 0 Å². The molecule has 0 aliphatic heterocycles. The number of unbranched alkanes of at least 4 members (excludes halogenated alkanes) is 2. The normalized spacial score (nSPS) is 12.1. The third kappa shape index (κ3) is 19.8. The zero-order valence-corrected chi connectivity index (χ0v) is 96.6. The summed E-state index contributed by atoms with van der Waals surface area (Å²) < 4.78 is 13.1. The Morgan fingerprint density at radius 1 is 0.299 bits per heavy atom. The van der Waals surface area contributed by atoms with Gasteiger partial charge in [-0.15, -0.1) is 178 Å². The first-order valence-electron chi connectivity index (χ1n) is 48.8. The number of rotatable bonds is 9. The molecule has 1 aliphatic carbocycles. The molecule has 26 aromatic rings. The van der Waals surface area contributed by atoms with E-state index in [1.165, 1.54) is 233 Å². The number of fused-ring (bicyclic) bond motifs is 36. The van der Waals surface area contributed by atoms with Gasteiger partial charge in [0.1, 0.15) is 0 Å². The van der Waals surface area contributed by atoms with E-state index in [1.54, 1.807) is 0 Å². The smallest absolute Gasteiger partial charge is 0.0608 e. The van der Waals surface area contributed by atoms with Crippen molar-refractivity contribution in [2.45, 2.75) is 158 Å². The molecule has 0 atom stereocenters. The van der Waals surface area contributed by atoms with Crippen LogP contribution in [-0.2, 0) is 139 Å². The van der Waals surface area contributed by atoms with E-state index in [4.69, 9.17) is 0 Å². The summed E-state index contributed by atoms with van der Waals surface area (Å²) >= 11 is 0. The Balaban J connectivity index is 0.000000124. The van der Waals surface area contributed by atoms with Gasteiger partial charge in [0.15, 0.2) is 0 Å². The van der Waals surface area contributed by atoms with Crippen molar-refractivity contribution in [1.82, 2.24) is 56.3 Å². The van der Waals surface area contributed by atoms with Crippen LogP contribution in [0, 0.1) is 77.9 Å². The molecule has 12 aromatic heterocycles. The third-order valence-corrected chi connectivity index (χ3v) is 28.4. The maximum atomic E-state index is 4.68. The van der Waals surface area contributed by atoms with Crippen LogP contribution in [0.1, 0.15) is 154 Å². The molecule has 0 spiro atoms. The molecule has 12 nitrogen and oxygen atoms in total. The molecule has 0 amide bonds. The summed E-state index contributed by atoms with van der Waals surface area (Å²) in [6.07, 6.45) is 37.4. The van der Waals surface area contributed by atoms with Crippen LogP contribution in [-0.4, -0.2) is 56.3 Å². The maximum absolute atomic E-state index is 4.68. The van der Waals surface area contributed by atoms with Gasteiger partial charge in [0.2, 0.25) is 0 Å². The fourth-order valence-corrected chi connectivity index (χ4v) is 21.5. The van der Waals surface area contributed by atoms with E-state index < -0.39 is 0 Å². The summed E-state index contributed by atoms with van der Waals surface area (Å²) in [6, 6.07) is 107. The van der Waals surface area contributed by atoms with E-state index >= 15 is 0 Å². The van der Waals surface area contributed by atoms with E-state index in [-0.39, 0.29) is 126 Å². The number of pyridine rings is 6. The van der Waals surface area contributed by atoms with Gasteiger partial charge in [-0.2, -0.15) is 0 Å². The zero-order chi connectivity index (χ0) is 94.0. The first kappa shape index (κ1) is 105. The van der Waals surface area contributed by atoms with E-state index in [1.807, 2.05) is 117 Å². The van der Waals surface area contributed by atoms with Crippen LogP contribution in [0.4, 0.5) is 0 Å².